The molecule has 0 fully saturated rings. The molecule has 0 saturated heterocycles. The molecule has 3 aromatic carbocycles. The van der Waals surface area contributed by atoms with E-state index in [0.29, 0.717) is 33.2 Å². The normalized spacial score (nSPS) is 11.0. The van der Waals surface area contributed by atoms with Crippen molar-refractivity contribution in [3.8, 4) is 11.5 Å². The summed E-state index contributed by atoms with van der Waals surface area (Å²) in [6.45, 7) is 1.62. The molecule has 0 saturated carbocycles. The first-order valence-electron chi connectivity index (χ1n) is 9.89. The molecule has 170 valence electrons. The minimum absolute atomic E-state index is 0.0526. The van der Waals surface area contributed by atoms with Gasteiger partial charge in [0.15, 0.2) is 11.5 Å². The van der Waals surface area contributed by atoms with Gasteiger partial charge >= 0.3 is 0 Å². The lowest BCUT2D eigenvalue weighted by molar-refractivity contribution is -0.113. The average Bonchev–Trinajstić information content (AvgIpc) is 2.81. The predicted octanol–water partition coefficient (Wildman–Crippen LogP) is 5.21. The summed E-state index contributed by atoms with van der Waals surface area (Å²) in [4.78, 5) is 25.8. The number of nitrogens with one attached hydrogen (secondary N) is 2. The van der Waals surface area contributed by atoms with Crippen molar-refractivity contribution < 1.29 is 23.5 Å². The minimum atomic E-state index is -0.629. The van der Waals surface area contributed by atoms with Crippen LogP contribution in [0.5, 0.6) is 11.5 Å². The smallest absolute Gasteiger partial charge is 0.272 e. The van der Waals surface area contributed by atoms with E-state index < -0.39 is 17.6 Å². The van der Waals surface area contributed by atoms with Gasteiger partial charge in [0.05, 0.1) is 14.2 Å². The van der Waals surface area contributed by atoms with Gasteiger partial charge in [0.2, 0.25) is 0 Å². The van der Waals surface area contributed by atoms with Gasteiger partial charge in [0, 0.05) is 16.3 Å². The van der Waals surface area contributed by atoms with Crippen LogP contribution in [-0.4, -0.2) is 26.0 Å². The molecule has 0 spiro atoms. The highest BCUT2D eigenvalue weighted by molar-refractivity contribution is 6.30. The van der Waals surface area contributed by atoms with Crippen molar-refractivity contribution in [2.24, 2.45) is 0 Å². The van der Waals surface area contributed by atoms with E-state index in [1.165, 1.54) is 26.4 Å². The van der Waals surface area contributed by atoms with Crippen LogP contribution in [0, 0.1) is 12.7 Å². The molecule has 0 unspecified atom stereocenters. The number of hydrogen-bond donors (Lipinski definition) is 2. The summed E-state index contributed by atoms with van der Waals surface area (Å²) in [6.07, 6.45) is 1.48. The van der Waals surface area contributed by atoms with Crippen LogP contribution >= 0.6 is 11.6 Å². The van der Waals surface area contributed by atoms with E-state index in [0.717, 1.165) is 0 Å². The second-order valence-corrected chi connectivity index (χ2v) is 7.49. The highest BCUT2D eigenvalue weighted by Gasteiger charge is 2.16. The van der Waals surface area contributed by atoms with Crippen LogP contribution < -0.4 is 20.1 Å². The third kappa shape index (κ3) is 6.11. The zero-order chi connectivity index (χ0) is 24.0. The number of amides is 2. The van der Waals surface area contributed by atoms with E-state index in [9.17, 15) is 14.0 Å². The third-order valence-corrected chi connectivity index (χ3v) is 5.00. The lowest BCUT2D eigenvalue weighted by atomic mass is 10.1. The van der Waals surface area contributed by atoms with Crippen molar-refractivity contribution in [3.05, 3.63) is 93.9 Å². The van der Waals surface area contributed by atoms with Crippen molar-refractivity contribution in [2.75, 3.05) is 19.5 Å². The van der Waals surface area contributed by atoms with Crippen molar-refractivity contribution in [2.45, 2.75) is 6.92 Å². The highest BCUT2D eigenvalue weighted by Crippen LogP contribution is 2.28. The van der Waals surface area contributed by atoms with Gasteiger partial charge in [-0.15, -0.1) is 0 Å². The molecule has 6 nitrogen and oxygen atoms in total. The fourth-order valence-electron chi connectivity index (χ4n) is 2.93. The topological polar surface area (TPSA) is 76.7 Å². The third-order valence-electron chi connectivity index (χ3n) is 4.75. The molecule has 3 rings (SSSR count). The fourth-order valence-corrected chi connectivity index (χ4v) is 3.06. The number of anilines is 1. The van der Waals surface area contributed by atoms with Crippen LogP contribution in [0.4, 0.5) is 10.1 Å². The van der Waals surface area contributed by atoms with Gasteiger partial charge in [-0.05, 0) is 72.7 Å². The first kappa shape index (κ1) is 23.8. The number of hydrogen-bond acceptors (Lipinski definition) is 4. The Labute approximate surface area is 196 Å². The number of rotatable bonds is 7. The SMILES string of the molecule is COc1ccc(/C=C(/NC(=O)c2ccc(Cl)cc2)C(=O)Nc2ccc(C)c(F)c2)cc1OC. The van der Waals surface area contributed by atoms with Gasteiger partial charge in [-0.2, -0.15) is 0 Å². The molecule has 0 radical (unpaired) electrons. The molecule has 0 atom stereocenters. The van der Waals surface area contributed by atoms with E-state index in [4.69, 9.17) is 21.1 Å². The van der Waals surface area contributed by atoms with Gasteiger partial charge in [-0.1, -0.05) is 23.7 Å². The molecule has 2 N–H and O–H groups in total. The summed E-state index contributed by atoms with van der Waals surface area (Å²) < 4.78 is 24.5. The number of carbonyl (C=O) groups excluding carboxylic acids is 2. The minimum Gasteiger partial charge on any atom is -0.493 e. The standard InChI is InChI=1S/C25H22ClFN2O4/c1-15-4-10-19(14-20(15)27)28-25(31)21(29-24(30)17-6-8-18(26)9-7-17)12-16-5-11-22(32-2)23(13-16)33-3/h4-14H,1-3H3,(H,28,31)(H,29,30)/b21-12+. The number of carbonyl (C=O) groups is 2. The molecule has 0 aliphatic rings. The Morgan fingerprint density at radius 2 is 1.64 bits per heavy atom. The molecule has 0 aliphatic heterocycles. The molecule has 33 heavy (non-hydrogen) atoms. The number of halogens is 2. The first-order valence-corrected chi connectivity index (χ1v) is 10.3. The van der Waals surface area contributed by atoms with E-state index in [1.54, 1.807) is 61.5 Å². The molecule has 0 aliphatic carbocycles. The summed E-state index contributed by atoms with van der Waals surface area (Å²) in [7, 11) is 3.01. The molecule has 0 bridgehead atoms. The van der Waals surface area contributed by atoms with E-state index in [1.807, 2.05) is 0 Å². The fraction of sp³-hybridized carbons (Fsp3) is 0.120. The predicted molar refractivity (Wildman–Crippen MR) is 126 cm³/mol. The number of aryl methyl sites for hydroxylation is 1. The van der Waals surface area contributed by atoms with Gasteiger partial charge < -0.3 is 20.1 Å². The van der Waals surface area contributed by atoms with E-state index in [2.05, 4.69) is 10.6 Å². The second-order valence-electron chi connectivity index (χ2n) is 7.05. The van der Waals surface area contributed by atoms with Crippen LogP contribution in [-0.2, 0) is 4.79 Å². The van der Waals surface area contributed by atoms with E-state index in [-0.39, 0.29) is 11.4 Å². The maximum absolute atomic E-state index is 13.9. The largest absolute Gasteiger partial charge is 0.493 e. The molecule has 8 heteroatoms. The van der Waals surface area contributed by atoms with Crippen molar-refractivity contribution in [1.29, 1.82) is 0 Å². The van der Waals surface area contributed by atoms with Gasteiger partial charge in [0.1, 0.15) is 11.5 Å². The Bertz CT molecular complexity index is 1210. The van der Waals surface area contributed by atoms with Crippen LogP contribution in [0.2, 0.25) is 5.02 Å². The lowest BCUT2D eigenvalue weighted by Crippen LogP contribution is -2.30. The summed E-state index contributed by atoms with van der Waals surface area (Å²) >= 11 is 5.89. The second kappa shape index (κ2) is 10.7. The van der Waals surface area contributed by atoms with Crippen molar-refractivity contribution >= 4 is 35.2 Å². The van der Waals surface area contributed by atoms with Crippen LogP contribution in [0.25, 0.3) is 6.08 Å². The zero-order valence-electron chi connectivity index (χ0n) is 18.2. The first-order chi connectivity index (χ1) is 15.8. The van der Waals surface area contributed by atoms with E-state index >= 15 is 0 Å². The van der Waals surface area contributed by atoms with Gasteiger partial charge in [-0.3, -0.25) is 9.59 Å². The molecule has 3 aromatic rings. The number of benzene rings is 3. The quantitative estimate of drug-likeness (QED) is 0.466. The Hall–Kier alpha value is -3.84. The van der Waals surface area contributed by atoms with Crippen LogP contribution in [0.3, 0.4) is 0 Å². The van der Waals surface area contributed by atoms with Crippen LogP contribution in [0.1, 0.15) is 21.5 Å². The maximum atomic E-state index is 13.9. The highest BCUT2D eigenvalue weighted by atomic mass is 35.5. The Morgan fingerprint density at radius 3 is 2.27 bits per heavy atom. The monoisotopic (exact) mass is 468 g/mol. The number of ether oxygens (including phenoxy) is 2. The van der Waals surface area contributed by atoms with Crippen LogP contribution in [0.15, 0.2) is 66.4 Å². The molecule has 2 amide bonds. The summed E-state index contributed by atoms with van der Waals surface area (Å²) in [6, 6.07) is 15.6. The summed E-state index contributed by atoms with van der Waals surface area (Å²) in [5.74, 6) is -0.626. The lowest BCUT2D eigenvalue weighted by Gasteiger charge is -2.13. The Balaban J connectivity index is 1.94. The Kier molecular flexibility index (Phi) is 7.69. The molecular formula is C25H22ClFN2O4. The zero-order valence-corrected chi connectivity index (χ0v) is 19.0. The molecule has 0 heterocycles. The average molecular weight is 469 g/mol. The summed E-state index contributed by atoms with van der Waals surface area (Å²) in [5, 5.41) is 5.70. The Morgan fingerprint density at radius 1 is 0.939 bits per heavy atom. The van der Waals surface area contributed by atoms with Gasteiger partial charge in [0.25, 0.3) is 11.8 Å². The maximum Gasteiger partial charge on any atom is 0.272 e. The molecule has 0 aromatic heterocycles. The summed E-state index contributed by atoms with van der Waals surface area (Å²) in [5.41, 5.74) is 1.53. The van der Waals surface area contributed by atoms with Crippen molar-refractivity contribution in [1.82, 2.24) is 5.32 Å². The molecular weight excluding hydrogens is 447 g/mol. The van der Waals surface area contributed by atoms with Crippen molar-refractivity contribution in [3.63, 3.8) is 0 Å². The number of methoxy groups -OCH3 is 2. The van der Waals surface area contributed by atoms with Gasteiger partial charge in [-0.25, -0.2) is 4.39 Å².